The van der Waals surface area contributed by atoms with Crippen LogP contribution in [0.4, 0.5) is 0 Å². The molecule has 2 aliphatic rings. The van der Waals surface area contributed by atoms with E-state index < -0.39 is 0 Å². The Hall–Kier alpha value is -1.88. The molecule has 0 spiro atoms. The molecule has 2 atom stereocenters. The Labute approximate surface area is 124 Å². The molecule has 2 aliphatic heterocycles. The summed E-state index contributed by atoms with van der Waals surface area (Å²) >= 11 is 0. The molecule has 0 radical (unpaired) electrons. The van der Waals surface area contributed by atoms with Crippen LogP contribution >= 0.6 is 0 Å². The maximum atomic E-state index is 12.4. The minimum atomic E-state index is -0.0109. The Morgan fingerprint density at radius 3 is 3.24 bits per heavy atom. The van der Waals surface area contributed by atoms with E-state index in [0.29, 0.717) is 17.5 Å². The Kier molecular flexibility index (Phi) is 3.15. The number of amides is 1. The predicted octanol–water partition coefficient (Wildman–Crippen LogP) is 1.55. The molecule has 21 heavy (non-hydrogen) atoms. The zero-order valence-electron chi connectivity index (χ0n) is 12.0. The summed E-state index contributed by atoms with van der Waals surface area (Å²) in [4.78, 5) is 19.3. The topological polar surface area (TPSA) is 49.6 Å². The van der Waals surface area contributed by atoms with Gasteiger partial charge in [0.1, 0.15) is 5.65 Å². The average Bonchev–Trinajstić information content (AvgIpc) is 3.20. The molecule has 1 amide bonds. The van der Waals surface area contributed by atoms with Crippen LogP contribution in [0, 0.1) is 5.92 Å². The third kappa shape index (κ3) is 2.21. The van der Waals surface area contributed by atoms with Crippen molar-refractivity contribution in [1.82, 2.24) is 19.6 Å². The molecule has 2 fully saturated rings. The number of nitrogens with zero attached hydrogens (tertiary/aromatic N) is 3. The molecule has 2 aromatic rings. The van der Waals surface area contributed by atoms with Crippen molar-refractivity contribution in [3.05, 3.63) is 36.3 Å². The summed E-state index contributed by atoms with van der Waals surface area (Å²) < 4.78 is 1.88. The number of aromatic nitrogens is 2. The number of carbonyl (C=O) groups excluding carboxylic acids is 1. The van der Waals surface area contributed by atoms with Gasteiger partial charge in [-0.2, -0.15) is 0 Å². The van der Waals surface area contributed by atoms with E-state index in [2.05, 4.69) is 15.2 Å². The van der Waals surface area contributed by atoms with Crippen molar-refractivity contribution >= 4 is 11.6 Å². The molecule has 0 aromatic carbocycles. The van der Waals surface area contributed by atoms with Gasteiger partial charge in [-0.1, -0.05) is 0 Å². The maximum absolute atomic E-state index is 12.4. The lowest BCUT2D eigenvalue weighted by Crippen LogP contribution is -2.35. The van der Waals surface area contributed by atoms with E-state index in [1.807, 2.05) is 28.9 Å². The second-order valence-corrected chi connectivity index (χ2v) is 6.08. The van der Waals surface area contributed by atoms with Crippen LogP contribution in [0.15, 0.2) is 30.7 Å². The Morgan fingerprint density at radius 2 is 2.29 bits per heavy atom. The van der Waals surface area contributed by atoms with Gasteiger partial charge in [-0.3, -0.25) is 4.79 Å². The van der Waals surface area contributed by atoms with E-state index in [0.717, 1.165) is 12.2 Å². The summed E-state index contributed by atoms with van der Waals surface area (Å²) in [6.07, 6.45) is 9.29. The molecule has 5 nitrogen and oxygen atoms in total. The number of imidazole rings is 1. The van der Waals surface area contributed by atoms with Crippen LogP contribution in [0.1, 0.15) is 29.6 Å². The molecule has 4 heterocycles. The maximum Gasteiger partial charge on any atom is 0.255 e. The highest BCUT2D eigenvalue weighted by Gasteiger charge is 2.36. The summed E-state index contributed by atoms with van der Waals surface area (Å²) in [5, 5.41) is 3.12. The van der Waals surface area contributed by atoms with Gasteiger partial charge in [0.25, 0.3) is 5.91 Å². The molecule has 0 unspecified atom stereocenters. The number of carbonyl (C=O) groups is 1. The van der Waals surface area contributed by atoms with Crippen LogP contribution in [0.3, 0.4) is 0 Å². The van der Waals surface area contributed by atoms with Gasteiger partial charge in [0.05, 0.1) is 5.56 Å². The first kappa shape index (κ1) is 12.8. The fourth-order valence-corrected chi connectivity index (χ4v) is 3.87. The molecule has 0 aliphatic carbocycles. The highest BCUT2D eigenvalue weighted by Crippen LogP contribution is 2.32. The van der Waals surface area contributed by atoms with E-state index in [4.69, 9.17) is 0 Å². The van der Waals surface area contributed by atoms with Gasteiger partial charge in [0, 0.05) is 31.2 Å². The average molecular weight is 284 g/mol. The van der Waals surface area contributed by atoms with Crippen LogP contribution in [0.2, 0.25) is 0 Å². The van der Waals surface area contributed by atoms with Crippen LogP contribution in [0.25, 0.3) is 5.65 Å². The van der Waals surface area contributed by atoms with Gasteiger partial charge in [0.2, 0.25) is 0 Å². The van der Waals surface area contributed by atoms with Gasteiger partial charge >= 0.3 is 0 Å². The number of nitrogens with one attached hydrogen (secondary N) is 1. The summed E-state index contributed by atoms with van der Waals surface area (Å²) in [6.45, 7) is 3.21. The number of hydrogen-bond donors (Lipinski definition) is 1. The minimum Gasteiger partial charge on any atom is -0.352 e. The van der Waals surface area contributed by atoms with Crippen molar-refractivity contribution in [2.75, 3.05) is 19.6 Å². The molecule has 2 saturated heterocycles. The number of fused-ring (bicyclic) bond motifs is 2. The van der Waals surface area contributed by atoms with Crippen molar-refractivity contribution in [2.24, 2.45) is 5.92 Å². The summed E-state index contributed by atoms with van der Waals surface area (Å²) in [5.74, 6) is 0.596. The highest BCUT2D eigenvalue weighted by molar-refractivity contribution is 5.99. The normalized spacial score (nSPS) is 25.3. The van der Waals surface area contributed by atoms with Gasteiger partial charge < -0.3 is 14.6 Å². The summed E-state index contributed by atoms with van der Waals surface area (Å²) in [6, 6.07) is 4.42. The van der Waals surface area contributed by atoms with Gasteiger partial charge in [-0.15, -0.1) is 0 Å². The van der Waals surface area contributed by atoms with E-state index in [1.165, 1.54) is 32.4 Å². The molecule has 4 rings (SSSR count). The fraction of sp³-hybridized carbons (Fsp3) is 0.500. The Bertz CT molecular complexity index is 665. The molecule has 110 valence electrons. The summed E-state index contributed by atoms with van der Waals surface area (Å²) in [5.41, 5.74) is 1.38. The third-order valence-corrected chi connectivity index (χ3v) is 4.93. The molecular formula is C16H20N4O. The van der Waals surface area contributed by atoms with Crippen molar-refractivity contribution in [1.29, 1.82) is 0 Å². The highest BCUT2D eigenvalue weighted by atomic mass is 16.1. The Morgan fingerprint density at radius 1 is 1.33 bits per heavy atom. The van der Waals surface area contributed by atoms with Crippen molar-refractivity contribution in [2.45, 2.75) is 25.3 Å². The first-order valence-electron chi connectivity index (χ1n) is 7.77. The van der Waals surface area contributed by atoms with Gasteiger partial charge in [-0.05, 0) is 50.4 Å². The van der Waals surface area contributed by atoms with Gasteiger partial charge in [0.15, 0.2) is 0 Å². The smallest absolute Gasteiger partial charge is 0.255 e. The van der Waals surface area contributed by atoms with Gasteiger partial charge in [-0.25, -0.2) is 4.98 Å². The van der Waals surface area contributed by atoms with E-state index >= 15 is 0 Å². The van der Waals surface area contributed by atoms with E-state index in [-0.39, 0.29) is 5.91 Å². The molecule has 1 N–H and O–H groups in total. The lowest BCUT2D eigenvalue weighted by molar-refractivity contribution is 0.0945. The predicted molar refractivity (Wildman–Crippen MR) is 80.2 cm³/mol. The van der Waals surface area contributed by atoms with Crippen LogP contribution in [-0.2, 0) is 0 Å². The molecule has 0 bridgehead atoms. The zero-order valence-corrected chi connectivity index (χ0v) is 12.0. The van der Waals surface area contributed by atoms with Crippen LogP contribution in [-0.4, -0.2) is 45.9 Å². The second kappa shape index (κ2) is 5.15. The number of rotatable bonds is 3. The zero-order chi connectivity index (χ0) is 14.2. The van der Waals surface area contributed by atoms with Crippen LogP contribution < -0.4 is 5.32 Å². The van der Waals surface area contributed by atoms with Crippen LogP contribution in [0.5, 0.6) is 0 Å². The van der Waals surface area contributed by atoms with Crippen molar-refractivity contribution in [3.63, 3.8) is 0 Å². The molecule has 5 heteroatoms. The number of hydrogen-bond acceptors (Lipinski definition) is 3. The quantitative estimate of drug-likeness (QED) is 0.930. The molecule has 0 saturated carbocycles. The molecule has 2 aromatic heterocycles. The lowest BCUT2D eigenvalue weighted by atomic mass is 9.98. The first-order valence-corrected chi connectivity index (χ1v) is 7.77. The SMILES string of the molecule is O=C(NC[C@@H]1CCN2CCC[C@@H]12)c1cccn2ccnc12. The number of pyridine rings is 1. The standard InChI is InChI=1S/C16H20N4O/c21-16(13-3-1-8-20-10-6-17-15(13)20)18-11-12-5-9-19-7-2-4-14(12)19/h1,3,6,8,10,12,14H,2,4-5,7,9,11H2,(H,18,21)/t12-,14-/m0/s1. The fourth-order valence-electron chi connectivity index (χ4n) is 3.87. The lowest BCUT2D eigenvalue weighted by Gasteiger charge is -2.20. The first-order chi connectivity index (χ1) is 10.3. The monoisotopic (exact) mass is 284 g/mol. The van der Waals surface area contributed by atoms with E-state index in [9.17, 15) is 4.79 Å². The van der Waals surface area contributed by atoms with Crippen molar-refractivity contribution in [3.8, 4) is 0 Å². The van der Waals surface area contributed by atoms with E-state index in [1.54, 1.807) is 6.20 Å². The minimum absolute atomic E-state index is 0.0109. The van der Waals surface area contributed by atoms with Crippen molar-refractivity contribution < 1.29 is 4.79 Å². The third-order valence-electron chi connectivity index (χ3n) is 4.93. The summed E-state index contributed by atoms with van der Waals surface area (Å²) in [7, 11) is 0. The Balaban J connectivity index is 1.45. The molecular weight excluding hydrogens is 264 g/mol. The largest absolute Gasteiger partial charge is 0.352 e. The second-order valence-electron chi connectivity index (χ2n) is 6.08.